The Morgan fingerprint density at radius 3 is 2.46 bits per heavy atom. The predicted molar refractivity (Wildman–Crippen MR) is 92.6 cm³/mol. The van der Waals surface area contributed by atoms with Gasteiger partial charge in [0.2, 0.25) is 0 Å². The lowest BCUT2D eigenvalue weighted by Gasteiger charge is -2.19. The number of nitrogens with one attached hydrogen (secondary N) is 1. The molecule has 0 unspecified atom stereocenters. The number of alkyl halides is 2. The van der Waals surface area contributed by atoms with E-state index in [0.29, 0.717) is 11.4 Å². The van der Waals surface area contributed by atoms with E-state index < -0.39 is 18.3 Å². The number of benzene rings is 1. The number of amides is 1. The number of alkyl carbamates (subject to hydrolysis) is 1. The Kier molecular flexibility index (Phi) is 6.18. The van der Waals surface area contributed by atoms with E-state index in [4.69, 9.17) is 4.74 Å². The molecule has 0 atom stereocenters. The van der Waals surface area contributed by atoms with Gasteiger partial charge in [-0.2, -0.15) is 13.9 Å². The minimum absolute atomic E-state index is 0.0819. The predicted octanol–water partition coefficient (Wildman–Crippen LogP) is 4.06. The Morgan fingerprint density at radius 2 is 1.92 bits per heavy atom. The largest absolute Gasteiger partial charge is 0.444 e. The van der Waals surface area contributed by atoms with Crippen molar-refractivity contribution in [1.82, 2.24) is 15.1 Å². The maximum absolute atomic E-state index is 12.2. The van der Waals surface area contributed by atoms with Crippen molar-refractivity contribution in [2.24, 2.45) is 0 Å². The van der Waals surface area contributed by atoms with Crippen LogP contribution in [-0.2, 0) is 17.7 Å². The average Bonchev–Trinajstić information content (AvgIpc) is 2.95. The van der Waals surface area contributed by atoms with Gasteiger partial charge < -0.3 is 14.8 Å². The molecule has 1 aromatic carbocycles. The maximum atomic E-state index is 12.2. The van der Waals surface area contributed by atoms with Crippen molar-refractivity contribution >= 4 is 6.09 Å². The molecular weight excluding hydrogens is 344 g/mol. The molecule has 6 nitrogen and oxygen atoms in total. The molecule has 0 aliphatic carbocycles. The van der Waals surface area contributed by atoms with Crippen LogP contribution in [-0.4, -0.2) is 28.1 Å². The maximum Gasteiger partial charge on any atom is 0.407 e. The molecule has 1 heterocycles. The van der Waals surface area contributed by atoms with Crippen LogP contribution in [0.5, 0.6) is 5.75 Å². The summed E-state index contributed by atoms with van der Waals surface area (Å²) in [5.41, 5.74) is 1.81. The van der Waals surface area contributed by atoms with Crippen molar-refractivity contribution in [1.29, 1.82) is 0 Å². The summed E-state index contributed by atoms with van der Waals surface area (Å²) in [6.45, 7) is 4.73. The molecule has 0 radical (unpaired) electrons. The molecule has 1 aromatic heterocycles. The summed E-state index contributed by atoms with van der Waals surface area (Å²) in [7, 11) is 0. The Bertz CT molecular complexity index is 737. The summed E-state index contributed by atoms with van der Waals surface area (Å²) in [6, 6.07) is 6.17. The number of carbonyl (C=O) groups excluding carboxylic acids is 1. The van der Waals surface area contributed by atoms with E-state index in [1.165, 1.54) is 12.1 Å². The first-order valence-corrected chi connectivity index (χ1v) is 8.27. The van der Waals surface area contributed by atoms with Crippen LogP contribution >= 0.6 is 0 Å². The molecular formula is C18H23F2N3O3. The third-order valence-electron chi connectivity index (χ3n) is 3.38. The van der Waals surface area contributed by atoms with Crippen molar-refractivity contribution in [3.8, 4) is 11.4 Å². The van der Waals surface area contributed by atoms with Gasteiger partial charge in [0.15, 0.2) is 0 Å². The molecule has 1 N–H and O–H groups in total. The molecule has 142 valence electrons. The fourth-order valence-electron chi connectivity index (χ4n) is 2.27. The van der Waals surface area contributed by atoms with Gasteiger partial charge in [0.1, 0.15) is 11.4 Å². The lowest BCUT2D eigenvalue weighted by molar-refractivity contribution is -0.0498. The molecule has 2 aromatic rings. The number of ether oxygens (including phenoxy) is 2. The molecule has 26 heavy (non-hydrogen) atoms. The zero-order chi connectivity index (χ0) is 19.3. The molecule has 0 saturated heterocycles. The van der Waals surface area contributed by atoms with E-state index >= 15 is 0 Å². The highest BCUT2D eigenvalue weighted by molar-refractivity contribution is 5.67. The van der Waals surface area contributed by atoms with Crippen LogP contribution in [0.3, 0.4) is 0 Å². The fourth-order valence-corrected chi connectivity index (χ4v) is 2.27. The van der Waals surface area contributed by atoms with Crippen LogP contribution in [0.4, 0.5) is 13.6 Å². The van der Waals surface area contributed by atoms with Gasteiger partial charge in [-0.25, -0.2) is 9.48 Å². The van der Waals surface area contributed by atoms with Gasteiger partial charge >= 0.3 is 12.7 Å². The van der Waals surface area contributed by atoms with Gasteiger partial charge in [-0.15, -0.1) is 0 Å². The SMILES string of the molecule is CCc1cn(-c2ccc(OC(F)F)cc2)nc1CNC(=O)OC(C)(C)C. The minimum atomic E-state index is -2.86. The number of aryl methyl sites for hydroxylation is 1. The fraction of sp³-hybridized carbons (Fsp3) is 0.444. The van der Waals surface area contributed by atoms with Crippen molar-refractivity contribution in [3.05, 3.63) is 41.7 Å². The van der Waals surface area contributed by atoms with Crippen molar-refractivity contribution in [3.63, 3.8) is 0 Å². The summed E-state index contributed by atoms with van der Waals surface area (Å²) in [6.07, 6.45) is 2.06. The van der Waals surface area contributed by atoms with Crippen molar-refractivity contribution in [2.45, 2.75) is 52.9 Å². The molecule has 1 amide bonds. The molecule has 0 bridgehead atoms. The summed E-state index contributed by atoms with van der Waals surface area (Å²) < 4.78 is 35.6. The lowest BCUT2D eigenvalue weighted by atomic mass is 10.2. The minimum Gasteiger partial charge on any atom is -0.444 e. The normalized spacial score (nSPS) is 11.5. The zero-order valence-electron chi connectivity index (χ0n) is 15.3. The summed E-state index contributed by atoms with van der Waals surface area (Å²) in [5, 5.41) is 7.15. The van der Waals surface area contributed by atoms with Gasteiger partial charge in [0.25, 0.3) is 0 Å². The van der Waals surface area contributed by atoms with E-state index in [0.717, 1.165) is 12.0 Å². The quantitative estimate of drug-likeness (QED) is 0.836. The number of rotatable bonds is 6. The van der Waals surface area contributed by atoms with Crippen LogP contribution in [0.2, 0.25) is 0 Å². The first-order chi connectivity index (χ1) is 12.2. The summed E-state index contributed by atoms with van der Waals surface area (Å²) >= 11 is 0. The molecule has 0 aliphatic heterocycles. The average molecular weight is 367 g/mol. The highest BCUT2D eigenvalue weighted by Gasteiger charge is 2.17. The molecule has 2 rings (SSSR count). The number of hydrogen-bond donors (Lipinski definition) is 1. The summed E-state index contributed by atoms with van der Waals surface area (Å²) in [4.78, 5) is 11.8. The third kappa shape index (κ3) is 5.72. The molecule has 0 aliphatic rings. The van der Waals surface area contributed by atoms with Crippen LogP contribution in [0.25, 0.3) is 5.69 Å². The van der Waals surface area contributed by atoms with Gasteiger partial charge in [0, 0.05) is 6.20 Å². The van der Waals surface area contributed by atoms with Crippen molar-refractivity contribution < 1.29 is 23.0 Å². The smallest absolute Gasteiger partial charge is 0.407 e. The van der Waals surface area contributed by atoms with Gasteiger partial charge in [0.05, 0.1) is 17.9 Å². The highest BCUT2D eigenvalue weighted by Crippen LogP contribution is 2.19. The van der Waals surface area contributed by atoms with Crippen molar-refractivity contribution in [2.75, 3.05) is 0 Å². The van der Waals surface area contributed by atoms with E-state index in [2.05, 4.69) is 15.2 Å². The lowest BCUT2D eigenvalue weighted by Crippen LogP contribution is -2.32. The number of halogens is 2. The first kappa shape index (κ1) is 19.7. The Balaban J connectivity index is 2.09. The monoisotopic (exact) mass is 367 g/mol. The van der Waals surface area contributed by atoms with Gasteiger partial charge in [-0.1, -0.05) is 6.92 Å². The second kappa shape index (κ2) is 8.16. The second-order valence-corrected chi connectivity index (χ2v) is 6.63. The van der Waals surface area contributed by atoms with Crippen LogP contribution in [0.15, 0.2) is 30.5 Å². The number of hydrogen-bond acceptors (Lipinski definition) is 4. The van der Waals surface area contributed by atoms with Crippen LogP contribution in [0, 0.1) is 0 Å². The summed E-state index contributed by atoms with van der Waals surface area (Å²) in [5.74, 6) is 0.0819. The Morgan fingerprint density at radius 1 is 1.27 bits per heavy atom. The molecule has 8 heteroatoms. The number of carbonyl (C=O) groups is 1. The van der Waals surface area contributed by atoms with E-state index in [9.17, 15) is 13.6 Å². The van der Waals surface area contributed by atoms with Crippen LogP contribution < -0.4 is 10.1 Å². The number of nitrogens with zero attached hydrogens (tertiary/aromatic N) is 2. The van der Waals surface area contributed by atoms with Gasteiger partial charge in [-0.05, 0) is 57.0 Å². The molecule has 0 saturated carbocycles. The second-order valence-electron chi connectivity index (χ2n) is 6.63. The van der Waals surface area contributed by atoms with E-state index in [-0.39, 0.29) is 12.3 Å². The van der Waals surface area contributed by atoms with E-state index in [1.54, 1.807) is 37.6 Å². The number of aromatic nitrogens is 2. The van der Waals surface area contributed by atoms with Crippen LogP contribution in [0.1, 0.15) is 39.0 Å². The van der Waals surface area contributed by atoms with E-state index in [1.807, 2.05) is 13.1 Å². The standard InChI is InChI=1S/C18H23F2N3O3/c1-5-12-11-23(13-6-8-14(9-7-13)25-16(19)20)22-15(12)10-21-17(24)26-18(2,3)4/h6-9,11,16H,5,10H2,1-4H3,(H,21,24). The highest BCUT2D eigenvalue weighted by atomic mass is 19.3. The zero-order valence-corrected chi connectivity index (χ0v) is 15.3. The Hall–Kier alpha value is -2.64. The first-order valence-electron chi connectivity index (χ1n) is 8.27. The third-order valence-corrected chi connectivity index (χ3v) is 3.38. The topological polar surface area (TPSA) is 65.4 Å². The molecule has 0 fully saturated rings. The molecule has 0 spiro atoms. The Labute approximate surface area is 151 Å². The van der Waals surface area contributed by atoms with Gasteiger partial charge in [-0.3, -0.25) is 0 Å².